The third-order valence-corrected chi connectivity index (χ3v) is 4.61. The average Bonchev–Trinajstić information content (AvgIpc) is 2.55. The fourth-order valence-electron chi connectivity index (χ4n) is 3.36. The summed E-state index contributed by atoms with van der Waals surface area (Å²) in [6.45, 7) is 2.74. The van der Waals surface area contributed by atoms with Crippen LogP contribution >= 0.6 is 24.8 Å². The van der Waals surface area contributed by atoms with E-state index in [9.17, 15) is 9.18 Å². The number of carbonyl (C=O) groups is 1. The van der Waals surface area contributed by atoms with Gasteiger partial charge in [0, 0.05) is 36.4 Å². The van der Waals surface area contributed by atoms with E-state index >= 15 is 0 Å². The largest absolute Gasteiger partial charge is 0.378 e. The fourth-order valence-corrected chi connectivity index (χ4v) is 3.36. The lowest BCUT2D eigenvalue weighted by atomic mass is 9.85. The van der Waals surface area contributed by atoms with Gasteiger partial charge in [0.15, 0.2) is 0 Å². The smallest absolute Gasteiger partial charge is 0.227 e. The average molecular weight is 394 g/mol. The molecule has 2 fully saturated rings. The number of hydrogen-bond acceptors (Lipinski definition) is 4. The van der Waals surface area contributed by atoms with E-state index in [1.165, 1.54) is 12.1 Å². The maximum Gasteiger partial charge on any atom is 0.227 e. The quantitative estimate of drug-likeness (QED) is 0.827. The highest BCUT2D eigenvalue weighted by Gasteiger charge is 2.25. The van der Waals surface area contributed by atoms with Gasteiger partial charge in [0.2, 0.25) is 5.91 Å². The fraction of sp³-hybridized carbons (Fsp3) is 0.588. The topological polar surface area (TPSA) is 67.6 Å². The molecular weight excluding hydrogens is 368 g/mol. The van der Waals surface area contributed by atoms with Crippen molar-refractivity contribution in [1.29, 1.82) is 0 Å². The van der Waals surface area contributed by atoms with Crippen LogP contribution in [0.15, 0.2) is 18.2 Å². The maximum atomic E-state index is 13.9. The number of nitrogens with two attached hydrogens (primary N) is 1. The van der Waals surface area contributed by atoms with Crippen LogP contribution in [0.3, 0.4) is 0 Å². The molecule has 1 aliphatic carbocycles. The van der Waals surface area contributed by atoms with Gasteiger partial charge in [-0.3, -0.25) is 4.79 Å². The van der Waals surface area contributed by atoms with Gasteiger partial charge in [0.25, 0.3) is 0 Å². The number of amides is 1. The third kappa shape index (κ3) is 5.99. The van der Waals surface area contributed by atoms with Gasteiger partial charge in [0.05, 0.1) is 13.2 Å². The van der Waals surface area contributed by atoms with Crippen LogP contribution in [-0.4, -0.2) is 38.3 Å². The molecule has 0 bridgehead atoms. The monoisotopic (exact) mass is 393 g/mol. The SMILES string of the molecule is Cl.Cl.NC1CCCC(C(=O)Nc2cc(F)cc(N3CCOCC3)c2)C1. The molecule has 25 heavy (non-hydrogen) atoms. The number of anilines is 2. The Kier molecular flexibility index (Phi) is 8.93. The maximum absolute atomic E-state index is 13.9. The van der Waals surface area contributed by atoms with Crippen LogP contribution in [-0.2, 0) is 9.53 Å². The molecule has 1 aromatic carbocycles. The summed E-state index contributed by atoms with van der Waals surface area (Å²) in [5, 5.41) is 2.86. The minimum absolute atomic E-state index is 0. The lowest BCUT2D eigenvalue weighted by molar-refractivity contribution is -0.120. The number of carbonyl (C=O) groups excluding carboxylic acids is 1. The van der Waals surface area contributed by atoms with Crippen LogP contribution in [0.4, 0.5) is 15.8 Å². The van der Waals surface area contributed by atoms with Gasteiger partial charge in [-0.15, -0.1) is 24.8 Å². The van der Waals surface area contributed by atoms with Crippen molar-refractivity contribution >= 4 is 42.1 Å². The second-order valence-electron chi connectivity index (χ2n) is 6.41. The Hall–Kier alpha value is -1.08. The van der Waals surface area contributed by atoms with Gasteiger partial charge in [-0.05, 0) is 37.5 Å². The molecule has 0 aromatic heterocycles. The molecular formula is C17H26Cl2FN3O2. The van der Waals surface area contributed by atoms with E-state index in [0.29, 0.717) is 25.3 Å². The van der Waals surface area contributed by atoms with Gasteiger partial charge >= 0.3 is 0 Å². The predicted octanol–water partition coefficient (Wildman–Crippen LogP) is 2.96. The Morgan fingerprint density at radius 2 is 1.92 bits per heavy atom. The lowest BCUT2D eigenvalue weighted by Gasteiger charge is -2.29. The summed E-state index contributed by atoms with van der Waals surface area (Å²) >= 11 is 0. The minimum atomic E-state index is -0.343. The highest BCUT2D eigenvalue weighted by atomic mass is 35.5. The molecule has 8 heteroatoms. The van der Waals surface area contributed by atoms with Crippen molar-refractivity contribution in [3.05, 3.63) is 24.0 Å². The van der Waals surface area contributed by atoms with E-state index in [-0.39, 0.29) is 48.5 Å². The first-order chi connectivity index (χ1) is 11.1. The van der Waals surface area contributed by atoms with Crippen LogP contribution in [0.1, 0.15) is 25.7 Å². The van der Waals surface area contributed by atoms with E-state index < -0.39 is 0 Å². The van der Waals surface area contributed by atoms with Gasteiger partial charge in [-0.1, -0.05) is 6.42 Å². The van der Waals surface area contributed by atoms with Gasteiger partial charge in [0.1, 0.15) is 5.82 Å². The number of halogens is 3. The highest BCUT2D eigenvalue weighted by Crippen LogP contribution is 2.27. The molecule has 1 heterocycles. The predicted molar refractivity (Wildman–Crippen MR) is 102 cm³/mol. The highest BCUT2D eigenvalue weighted by molar-refractivity contribution is 5.93. The van der Waals surface area contributed by atoms with Crippen LogP contribution in [0.25, 0.3) is 0 Å². The zero-order valence-corrected chi connectivity index (χ0v) is 15.7. The Labute approximate surface area is 160 Å². The number of morpholine rings is 1. The molecule has 3 rings (SSSR count). The first kappa shape index (κ1) is 22.0. The van der Waals surface area contributed by atoms with Crippen molar-refractivity contribution in [3.63, 3.8) is 0 Å². The molecule has 1 amide bonds. The zero-order valence-electron chi connectivity index (χ0n) is 14.1. The van der Waals surface area contributed by atoms with E-state index in [2.05, 4.69) is 10.2 Å². The number of nitrogens with one attached hydrogen (secondary N) is 1. The summed E-state index contributed by atoms with van der Waals surface area (Å²) in [6, 6.07) is 4.79. The Balaban J connectivity index is 0.00000156. The number of rotatable bonds is 3. The molecule has 5 nitrogen and oxygen atoms in total. The van der Waals surface area contributed by atoms with Crippen LogP contribution in [0, 0.1) is 11.7 Å². The molecule has 142 valence electrons. The first-order valence-electron chi connectivity index (χ1n) is 8.31. The first-order valence-corrected chi connectivity index (χ1v) is 8.31. The summed E-state index contributed by atoms with van der Waals surface area (Å²) in [4.78, 5) is 14.5. The van der Waals surface area contributed by atoms with Crippen molar-refractivity contribution in [3.8, 4) is 0 Å². The molecule has 0 spiro atoms. The molecule has 3 N–H and O–H groups in total. The lowest BCUT2D eigenvalue weighted by Crippen LogP contribution is -2.36. The summed E-state index contributed by atoms with van der Waals surface area (Å²) in [5.74, 6) is -0.475. The van der Waals surface area contributed by atoms with E-state index in [1.54, 1.807) is 0 Å². The third-order valence-electron chi connectivity index (χ3n) is 4.61. The van der Waals surface area contributed by atoms with Crippen molar-refractivity contribution in [1.82, 2.24) is 0 Å². The zero-order chi connectivity index (χ0) is 16.2. The molecule has 2 unspecified atom stereocenters. The number of benzene rings is 1. The molecule has 2 aliphatic rings. The number of hydrogen-bond donors (Lipinski definition) is 2. The molecule has 1 saturated carbocycles. The van der Waals surface area contributed by atoms with Crippen LogP contribution in [0.2, 0.25) is 0 Å². The second-order valence-corrected chi connectivity index (χ2v) is 6.41. The Bertz CT molecular complexity index is 571. The Morgan fingerprint density at radius 3 is 2.60 bits per heavy atom. The standard InChI is InChI=1S/C17H24FN3O2.2ClH/c18-13-9-15(11-16(10-13)21-4-6-23-7-5-21)20-17(22)12-2-1-3-14(19)8-12;;/h9-12,14H,1-8,19H2,(H,20,22);2*1H. The second kappa shape index (κ2) is 10.2. The van der Waals surface area contributed by atoms with Crippen molar-refractivity contribution in [2.24, 2.45) is 11.7 Å². The van der Waals surface area contributed by atoms with Crippen molar-refractivity contribution in [2.45, 2.75) is 31.7 Å². The number of ether oxygens (including phenoxy) is 1. The van der Waals surface area contributed by atoms with Gasteiger partial charge in [-0.2, -0.15) is 0 Å². The summed E-state index contributed by atoms with van der Waals surface area (Å²) in [6.07, 6.45) is 3.51. The van der Waals surface area contributed by atoms with Crippen molar-refractivity contribution in [2.75, 3.05) is 36.5 Å². The van der Waals surface area contributed by atoms with E-state index in [1.807, 2.05) is 6.07 Å². The van der Waals surface area contributed by atoms with Crippen LogP contribution in [0.5, 0.6) is 0 Å². The summed E-state index contributed by atoms with van der Waals surface area (Å²) in [7, 11) is 0. The molecule has 1 saturated heterocycles. The normalized spacial score (nSPS) is 23.2. The van der Waals surface area contributed by atoms with Gasteiger partial charge < -0.3 is 20.7 Å². The van der Waals surface area contributed by atoms with E-state index in [0.717, 1.165) is 38.0 Å². The summed E-state index contributed by atoms with van der Waals surface area (Å²) < 4.78 is 19.2. The molecule has 0 radical (unpaired) electrons. The van der Waals surface area contributed by atoms with E-state index in [4.69, 9.17) is 10.5 Å². The Morgan fingerprint density at radius 1 is 1.20 bits per heavy atom. The van der Waals surface area contributed by atoms with Crippen LogP contribution < -0.4 is 16.0 Å². The number of nitrogens with zero attached hydrogens (tertiary/aromatic N) is 1. The van der Waals surface area contributed by atoms with Gasteiger partial charge in [-0.25, -0.2) is 4.39 Å². The summed E-state index contributed by atoms with van der Waals surface area (Å²) in [5.41, 5.74) is 7.23. The molecule has 1 aromatic rings. The minimum Gasteiger partial charge on any atom is -0.378 e. The molecule has 2 atom stereocenters. The van der Waals surface area contributed by atoms with Crippen molar-refractivity contribution < 1.29 is 13.9 Å². The molecule has 1 aliphatic heterocycles.